The van der Waals surface area contributed by atoms with Gasteiger partial charge in [0.1, 0.15) is 0 Å². The van der Waals surface area contributed by atoms with Gasteiger partial charge in [-0.25, -0.2) is 0 Å². The Morgan fingerprint density at radius 1 is 1.36 bits per heavy atom. The lowest BCUT2D eigenvalue weighted by atomic mass is 9.93. The van der Waals surface area contributed by atoms with E-state index < -0.39 is 11.9 Å². The van der Waals surface area contributed by atoms with E-state index in [1.54, 1.807) is 0 Å². The number of allylic oxidation sites excluding steroid dienone is 2. The molecule has 1 aromatic carbocycles. The highest BCUT2D eigenvalue weighted by molar-refractivity contribution is 5.80. The molecule has 1 amide bonds. The molecule has 2 N–H and O–H groups in total. The fraction of sp³-hybridized carbons (Fsp3) is 0.444. The zero-order chi connectivity index (χ0) is 15.9. The Balaban J connectivity index is 1.90. The van der Waals surface area contributed by atoms with Crippen LogP contribution >= 0.6 is 0 Å². The van der Waals surface area contributed by atoms with Crippen LogP contribution in [0.2, 0.25) is 0 Å². The van der Waals surface area contributed by atoms with Crippen LogP contribution in [0, 0.1) is 18.8 Å². The largest absolute Gasteiger partial charge is 0.481 e. The van der Waals surface area contributed by atoms with Crippen LogP contribution in [0.15, 0.2) is 36.4 Å². The third kappa shape index (κ3) is 4.72. The van der Waals surface area contributed by atoms with Gasteiger partial charge in [0.15, 0.2) is 0 Å². The summed E-state index contributed by atoms with van der Waals surface area (Å²) < 4.78 is 0. The van der Waals surface area contributed by atoms with Crippen LogP contribution in [0.25, 0.3) is 0 Å². The lowest BCUT2D eigenvalue weighted by Gasteiger charge is -2.19. The highest BCUT2D eigenvalue weighted by atomic mass is 16.4. The third-order valence-electron chi connectivity index (χ3n) is 4.08. The van der Waals surface area contributed by atoms with Gasteiger partial charge in [0.25, 0.3) is 0 Å². The molecule has 0 aliphatic heterocycles. The predicted molar refractivity (Wildman–Crippen MR) is 85.5 cm³/mol. The van der Waals surface area contributed by atoms with Crippen molar-refractivity contribution < 1.29 is 14.7 Å². The van der Waals surface area contributed by atoms with Crippen molar-refractivity contribution in [3.05, 3.63) is 47.5 Å². The summed E-state index contributed by atoms with van der Waals surface area (Å²) in [6.45, 7) is 2.17. The Morgan fingerprint density at radius 3 is 2.82 bits per heavy atom. The van der Waals surface area contributed by atoms with Crippen LogP contribution in [0.3, 0.4) is 0 Å². The Morgan fingerprint density at radius 2 is 2.18 bits per heavy atom. The fourth-order valence-electron chi connectivity index (χ4n) is 2.77. The zero-order valence-electron chi connectivity index (χ0n) is 12.9. The highest BCUT2D eigenvalue weighted by Gasteiger charge is 2.22. The molecule has 0 bridgehead atoms. The van der Waals surface area contributed by atoms with Gasteiger partial charge in [-0.1, -0.05) is 42.0 Å². The van der Waals surface area contributed by atoms with E-state index in [-0.39, 0.29) is 18.4 Å². The molecule has 2 atom stereocenters. The van der Waals surface area contributed by atoms with Gasteiger partial charge in [0.05, 0.1) is 5.92 Å². The number of amides is 1. The van der Waals surface area contributed by atoms with E-state index in [2.05, 4.69) is 11.4 Å². The predicted octanol–water partition coefficient (Wildman–Crippen LogP) is 2.71. The number of carbonyl (C=O) groups is 2. The molecule has 0 fully saturated rings. The molecule has 0 aromatic heterocycles. The maximum absolute atomic E-state index is 12.1. The van der Waals surface area contributed by atoms with Crippen molar-refractivity contribution in [1.29, 1.82) is 0 Å². The van der Waals surface area contributed by atoms with E-state index in [9.17, 15) is 14.7 Å². The first-order valence-electron chi connectivity index (χ1n) is 7.77. The topological polar surface area (TPSA) is 66.4 Å². The number of aliphatic carboxylic acids is 1. The first kappa shape index (κ1) is 16.3. The number of carboxylic acids is 1. The van der Waals surface area contributed by atoms with Crippen molar-refractivity contribution in [3.63, 3.8) is 0 Å². The summed E-state index contributed by atoms with van der Waals surface area (Å²) in [5.41, 5.74) is 2.10. The molecule has 0 saturated heterocycles. The second-order valence-corrected chi connectivity index (χ2v) is 5.95. The van der Waals surface area contributed by atoms with E-state index in [4.69, 9.17) is 0 Å². The minimum absolute atomic E-state index is 0.0154. The van der Waals surface area contributed by atoms with Gasteiger partial charge in [0.2, 0.25) is 5.91 Å². The average Bonchev–Trinajstić information content (AvgIpc) is 2.51. The summed E-state index contributed by atoms with van der Waals surface area (Å²) in [5.74, 6) is -1.51. The molecule has 118 valence electrons. The summed E-state index contributed by atoms with van der Waals surface area (Å²) in [5, 5.41) is 12.2. The van der Waals surface area contributed by atoms with Crippen molar-refractivity contribution in [2.75, 3.05) is 6.54 Å². The van der Waals surface area contributed by atoms with E-state index in [1.165, 1.54) is 0 Å². The molecule has 1 aliphatic rings. The number of carbonyl (C=O) groups excluding carboxylic acids is 1. The Bertz CT molecular complexity index is 565. The number of nitrogens with one attached hydrogen (secondary N) is 1. The minimum Gasteiger partial charge on any atom is -0.481 e. The van der Waals surface area contributed by atoms with Crippen molar-refractivity contribution in [2.45, 2.75) is 32.6 Å². The van der Waals surface area contributed by atoms with Crippen LogP contribution in [0.4, 0.5) is 0 Å². The number of rotatable bonds is 6. The van der Waals surface area contributed by atoms with Crippen LogP contribution in [-0.2, 0) is 16.0 Å². The molecule has 22 heavy (non-hydrogen) atoms. The Hall–Kier alpha value is -2.10. The van der Waals surface area contributed by atoms with Crippen molar-refractivity contribution >= 4 is 11.9 Å². The minimum atomic E-state index is -0.870. The summed E-state index contributed by atoms with van der Waals surface area (Å²) in [7, 11) is 0. The number of aryl methyl sites for hydroxylation is 1. The molecular formula is C18H23NO3. The van der Waals surface area contributed by atoms with Crippen molar-refractivity contribution in [2.24, 2.45) is 11.8 Å². The van der Waals surface area contributed by atoms with Gasteiger partial charge >= 0.3 is 5.97 Å². The van der Waals surface area contributed by atoms with Gasteiger partial charge in [-0.05, 0) is 38.2 Å². The van der Waals surface area contributed by atoms with Crippen LogP contribution in [0.5, 0.6) is 0 Å². The zero-order valence-corrected chi connectivity index (χ0v) is 12.9. The number of carboxylic acid groups (broad SMARTS) is 1. The maximum atomic E-state index is 12.1. The van der Waals surface area contributed by atoms with E-state index in [1.807, 2.05) is 37.3 Å². The third-order valence-corrected chi connectivity index (χ3v) is 4.08. The summed E-state index contributed by atoms with van der Waals surface area (Å²) in [6, 6.07) is 7.83. The van der Waals surface area contributed by atoms with Crippen LogP contribution < -0.4 is 5.32 Å². The van der Waals surface area contributed by atoms with Gasteiger partial charge in [-0.3, -0.25) is 9.59 Å². The first-order chi connectivity index (χ1) is 10.6. The monoisotopic (exact) mass is 301 g/mol. The molecule has 0 unspecified atom stereocenters. The molecule has 0 radical (unpaired) electrons. The second-order valence-electron chi connectivity index (χ2n) is 5.95. The molecule has 0 saturated carbocycles. The average molecular weight is 301 g/mol. The normalized spacial score (nSPS) is 18.7. The first-order valence-corrected chi connectivity index (χ1v) is 7.77. The standard InChI is InChI=1S/C18H23NO3/c1-13-6-5-7-14(10-13)11-16(18(21)22)12-19-17(20)15-8-3-2-4-9-15/h2-3,5-7,10,15-16H,4,8-9,11-12H2,1H3,(H,19,20)(H,21,22)/t15-,16-/m0/s1. The maximum Gasteiger partial charge on any atom is 0.308 e. The Kier molecular flexibility index (Phi) is 5.75. The van der Waals surface area contributed by atoms with E-state index in [0.717, 1.165) is 30.4 Å². The molecule has 0 heterocycles. The van der Waals surface area contributed by atoms with Crippen molar-refractivity contribution in [1.82, 2.24) is 5.32 Å². The smallest absolute Gasteiger partial charge is 0.308 e. The number of hydrogen-bond acceptors (Lipinski definition) is 2. The van der Waals surface area contributed by atoms with Crippen molar-refractivity contribution in [3.8, 4) is 0 Å². The molecule has 4 heteroatoms. The molecule has 4 nitrogen and oxygen atoms in total. The van der Waals surface area contributed by atoms with Gasteiger partial charge in [-0.15, -0.1) is 0 Å². The summed E-state index contributed by atoms with van der Waals surface area (Å²) in [4.78, 5) is 23.5. The SMILES string of the molecule is Cc1cccc(C[C@@H](CNC(=O)[C@H]2CC=CCC2)C(=O)O)c1. The lowest BCUT2D eigenvalue weighted by Crippen LogP contribution is -2.37. The highest BCUT2D eigenvalue weighted by Crippen LogP contribution is 2.18. The van der Waals surface area contributed by atoms with Crippen LogP contribution in [0.1, 0.15) is 30.4 Å². The summed E-state index contributed by atoms with van der Waals surface area (Å²) >= 11 is 0. The van der Waals surface area contributed by atoms with Gasteiger partial charge in [-0.2, -0.15) is 0 Å². The quantitative estimate of drug-likeness (QED) is 0.794. The van der Waals surface area contributed by atoms with E-state index >= 15 is 0 Å². The molecule has 2 rings (SSSR count). The molecule has 1 aromatic rings. The fourth-order valence-corrected chi connectivity index (χ4v) is 2.77. The van der Waals surface area contributed by atoms with Crippen LogP contribution in [-0.4, -0.2) is 23.5 Å². The molecular weight excluding hydrogens is 278 g/mol. The number of hydrogen-bond donors (Lipinski definition) is 2. The van der Waals surface area contributed by atoms with Gasteiger partial charge in [0, 0.05) is 12.5 Å². The van der Waals surface area contributed by atoms with E-state index in [0.29, 0.717) is 6.42 Å². The molecule has 1 aliphatic carbocycles. The molecule has 0 spiro atoms. The Labute approximate surface area is 131 Å². The second kappa shape index (κ2) is 7.78. The number of benzene rings is 1. The van der Waals surface area contributed by atoms with Gasteiger partial charge < -0.3 is 10.4 Å². The summed E-state index contributed by atoms with van der Waals surface area (Å²) in [6.07, 6.45) is 7.06. The lowest BCUT2D eigenvalue weighted by molar-refractivity contribution is -0.141.